The number of hydrogen-bond donors (Lipinski definition) is 12. The van der Waals surface area contributed by atoms with Crippen LogP contribution in [0.15, 0.2) is 12.7 Å². The Morgan fingerprint density at radius 2 is 0.479 bits per heavy atom. The first-order valence-electron chi connectivity index (χ1n) is 42.1. The molecule has 0 heterocycles. The average molecular weight is 1700 g/mol. The number of hydrogen-bond acceptors (Lipinski definition) is 24. The van der Waals surface area contributed by atoms with Crippen molar-refractivity contribution in [2.75, 3.05) is 131 Å². The van der Waals surface area contributed by atoms with Gasteiger partial charge in [0.2, 0.25) is 35.4 Å². The van der Waals surface area contributed by atoms with E-state index in [-0.39, 0.29) is 47.6 Å². The Balaban J connectivity index is -0.000000203. The lowest BCUT2D eigenvalue weighted by Gasteiger charge is -2.21. The standard InChI is InChI=1S/C16H31N3O4.C14H29N3O3.C14H25N3O3.C13H24N2O2.C11H23N3O2.C9H20N2O2.C4H12N2.C3H3N/c1-13(20)17-10-8-12-19(14(2)21)11-7-6-9-18-15(22)23-16(3,4)5;2*1-12(18)17(11-7-8-15)10-6-5-9-16-13(19)20-14(2,3)4;1-13(2,3)17-12(16)15-11-9-7-5-4-6-8-10-14;1-10(15)13-7-5-9-14(11(2)16)8-4-3-6-12;1-9(2,3)13-8(12)11-7-5-4-6-10;5-3-1-2-4-6;1-2-3-4/h6-12H2,1-5H3,(H,17,20)(H,18,22);5-11,15H2,1-4H3,(H,16,19);5-7,9-11H2,1-4H3,(H,16,19);4-9,11H2,1-3H3,(H,15,16);3-9,12H2,1-2H3,(H,13,15);4-7,10H2,1-3H3,(H,11,12);1-6H2;2H,1H2. The number of alkyl carbamates (subject to hydrolysis) is 5. The molecule has 0 aromatic heterocycles. The second-order valence-electron chi connectivity index (χ2n) is 32.3. The lowest BCUT2D eigenvalue weighted by molar-refractivity contribution is -0.129. The maximum Gasteiger partial charge on any atom is 0.407 e. The van der Waals surface area contributed by atoms with Gasteiger partial charge in [0, 0.05) is 152 Å². The largest absolute Gasteiger partial charge is 0.444 e. The molecule has 0 rings (SSSR count). The van der Waals surface area contributed by atoms with Crippen LogP contribution in [0.4, 0.5) is 24.0 Å². The van der Waals surface area contributed by atoms with E-state index in [1.807, 2.05) is 110 Å². The summed E-state index contributed by atoms with van der Waals surface area (Å²) in [5.41, 5.74) is 24.1. The van der Waals surface area contributed by atoms with Gasteiger partial charge in [-0.2, -0.15) is 15.8 Å². The fraction of sp³-hybridized carbons (Fsp3) is 0.810. The predicted octanol–water partition coefficient (Wildman–Crippen LogP) is 10.3. The fourth-order valence-corrected chi connectivity index (χ4v) is 8.91. The van der Waals surface area contributed by atoms with Crippen LogP contribution in [0.3, 0.4) is 0 Å². The molecule has 0 spiro atoms. The molecule has 0 atom stereocenters. The Labute approximate surface area is 716 Å². The zero-order valence-electron chi connectivity index (χ0n) is 77.5. The van der Waals surface area contributed by atoms with Crippen molar-refractivity contribution in [3.05, 3.63) is 12.7 Å². The Morgan fingerprint density at radius 1 is 0.286 bits per heavy atom. The highest BCUT2D eigenvalue weighted by molar-refractivity contribution is 5.75. The molecule has 119 heavy (non-hydrogen) atoms. The Kier molecular flexibility index (Phi) is 87.6. The minimum Gasteiger partial charge on any atom is -0.444 e. The van der Waals surface area contributed by atoms with E-state index < -0.39 is 46.3 Å². The molecule has 0 saturated heterocycles. The SMILES string of the molecule is C=CC#N.CC(=O)N(CCC#N)CCCCNC(=O)OC(C)(C)C.CC(=O)N(CCCN)CCCCNC(=O)OC(C)(C)C.CC(=O)NCCCN(CCCCN)C(C)=O.CC(=O)NCCCN(CCCCNC(=O)OC(C)(C)C)C(C)=O.CC(C)(C)OC(=O)NCCCCCCCC#N.CC(C)(C)OC(=O)NCCCCN.NCCCCN. The minimum absolute atomic E-state index is 0.0212. The van der Waals surface area contributed by atoms with Gasteiger partial charge >= 0.3 is 30.5 Å². The van der Waals surface area contributed by atoms with Gasteiger partial charge in [-0.05, 0) is 246 Å². The summed E-state index contributed by atoms with van der Waals surface area (Å²) in [5.74, 6) is 0.0526. The van der Waals surface area contributed by atoms with Crippen molar-refractivity contribution in [2.24, 2.45) is 28.7 Å². The Hall–Kier alpha value is -8.82. The predicted molar refractivity (Wildman–Crippen MR) is 471 cm³/mol. The molecule has 0 aliphatic carbocycles. The summed E-state index contributed by atoms with van der Waals surface area (Å²) in [4.78, 5) is 130. The zero-order valence-corrected chi connectivity index (χ0v) is 77.5. The maximum atomic E-state index is 11.5. The van der Waals surface area contributed by atoms with Crippen LogP contribution in [0.5, 0.6) is 0 Å². The molecule has 0 unspecified atom stereocenters. The molecule has 35 heteroatoms. The van der Waals surface area contributed by atoms with Gasteiger partial charge < -0.3 is 109 Å². The second kappa shape index (κ2) is 82.9. The van der Waals surface area contributed by atoms with Crippen molar-refractivity contribution in [3.8, 4) is 18.2 Å². The number of ether oxygens (including phenoxy) is 5. The zero-order chi connectivity index (χ0) is 93.2. The van der Waals surface area contributed by atoms with Crippen molar-refractivity contribution >= 4 is 65.9 Å². The van der Waals surface area contributed by atoms with Crippen molar-refractivity contribution < 1.29 is 76.4 Å². The summed E-state index contributed by atoms with van der Waals surface area (Å²) in [6, 6.07) is 5.85. The summed E-state index contributed by atoms with van der Waals surface area (Å²) < 4.78 is 25.5. The molecular weight excluding hydrogens is 1530 g/mol. The normalized spacial score (nSPS) is 10.4. The Bertz CT molecular complexity index is 2760. The number of carbonyl (C=O) groups is 11. The molecule has 0 fully saturated rings. The molecule has 0 saturated carbocycles. The van der Waals surface area contributed by atoms with Crippen molar-refractivity contribution in [3.63, 3.8) is 0 Å². The van der Waals surface area contributed by atoms with Gasteiger partial charge in [0.05, 0.1) is 24.6 Å². The average Bonchev–Trinajstić information content (AvgIpc) is 0.933. The molecule has 694 valence electrons. The first-order valence-corrected chi connectivity index (χ1v) is 42.1. The van der Waals surface area contributed by atoms with Crippen LogP contribution in [0, 0.1) is 34.0 Å². The van der Waals surface area contributed by atoms with Crippen LogP contribution < -0.4 is 65.9 Å². The Morgan fingerprint density at radius 3 is 0.714 bits per heavy atom. The smallest absolute Gasteiger partial charge is 0.407 e. The van der Waals surface area contributed by atoms with E-state index in [4.69, 9.17) is 68.1 Å². The lowest BCUT2D eigenvalue weighted by Crippen LogP contribution is -2.34. The van der Waals surface area contributed by atoms with Gasteiger partial charge in [0.25, 0.3) is 0 Å². The number of allylic oxidation sites excluding steroid dienone is 1. The van der Waals surface area contributed by atoms with Crippen molar-refractivity contribution in [2.45, 2.75) is 315 Å². The third kappa shape index (κ3) is 118. The molecular formula is C84H167N19O16. The number of nitrogens with zero attached hydrogens (tertiary/aromatic N) is 7. The quantitative estimate of drug-likeness (QED) is 0.0153. The molecule has 0 aromatic rings. The molecule has 0 aliphatic rings. The van der Waals surface area contributed by atoms with E-state index in [9.17, 15) is 52.7 Å². The first kappa shape index (κ1) is 126. The summed E-state index contributed by atoms with van der Waals surface area (Å²) in [6.45, 7) is 52.4. The van der Waals surface area contributed by atoms with Crippen molar-refractivity contribution in [1.82, 2.24) is 56.8 Å². The van der Waals surface area contributed by atoms with Gasteiger partial charge in [-0.3, -0.25) is 28.8 Å². The minimum atomic E-state index is -0.497. The van der Waals surface area contributed by atoms with Crippen molar-refractivity contribution in [1.29, 1.82) is 15.8 Å². The van der Waals surface area contributed by atoms with E-state index in [0.717, 1.165) is 148 Å². The molecule has 17 N–H and O–H groups in total. The molecule has 0 aromatic carbocycles. The summed E-state index contributed by atoms with van der Waals surface area (Å²) in [6.07, 6.45) is 18.4. The highest BCUT2D eigenvalue weighted by Gasteiger charge is 2.21. The number of rotatable bonds is 46. The summed E-state index contributed by atoms with van der Waals surface area (Å²) in [5, 5.41) is 43.2. The van der Waals surface area contributed by atoms with E-state index in [0.29, 0.717) is 124 Å². The van der Waals surface area contributed by atoms with Crippen LogP contribution >= 0.6 is 0 Å². The number of unbranched alkanes of at least 4 members (excludes halogenated alkanes) is 11. The summed E-state index contributed by atoms with van der Waals surface area (Å²) >= 11 is 0. The maximum absolute atomic E-state index is 11.5. The van der Waals surface area contributed by atoms with Gasteiger partial charge in [-0.1, -0.05) is 25.8 Å². The topological polar surface area (TPSA) is 533 Å². The van der Waals surface area contributed by atoms with E-state index in [1.165, 1.54) is 33.8 Å². The lowest BCUT2D eigenvalue weighted by atomic mass is 10.1. The molecule has 0 bridgehead atoms. The van der Waals surface area contributed by atoms with Crippen LogP contribution in [-0.2, 0) is 52.5 Å². The van der Waals surface area contributed by atoms with E-state index in [2.05, 4.69) is 49.9 Å². The van der Waals surface area contributed by atoms with Gasteiger partial charge in [0.15, 0.2) is 0 Å². The van der Waals surface area contributed by atoms with Crippen LogP contribution in [0.2, 0.25) is 0 Å². The summed E-state index contributed by atoms with van der Waals surface area (Å²) in [7, 11) is 0. The monoisotopic (exact) mass is 1700 g/mol. The van der Waals surface area contributed by atoms with Crippen LogP contribution in [-0.4, -0.2) is 244 Å². The molecule has 35 nitrogen and oxygen atoms in total. The number of amides is 11. The van der Waals surface area contributed by atoms with E-state index >= 15 is 0 Å². The number of nitrogens with one attached hydrogen (secondary N) is 7. The van der Waals surface area contributed by atoms with Gasteiger partial charge in [-0.15, -0.1) is 0 Å². The molecule has 11 amide bonds. The highest BCUT2D eigenvalue weighted by atomic mass is 16.6. The number of carbonyl (C=O) groups excluding carboxylic acids is 11. The third-order valence-corrected chi connectivity index (χ3v) is 14.5. The highest BCUT2D eigenvalue weighted by Crippen LogP contribution is 2.12. The molecule has 0 aliphatic heterocycles. The van der Waals surface area contributed by atoms with Crippen LogP contribution in [0.25, 0.3) is 0 Å². The van der Waals surface area contributed by atoms with Gasteiger partial charge in [0.1, 0.15) is 28.0 Å². The second-order valence-corrected chi connectivity index (χ2v) is 32.3. The van der Waals surface area contributed by atoms with Crippen LogP contribution in [0.1, 0.15) is 287 Å². The fourth-order valence-electron chi connectivity index (χ4n) is 8.91. The number of nitrogens with two attached hydrogens (primary N) is 5. The van der Waals surface area contributed by atoms with Gasteiger partial charge in [-0.25, -0.2) is 24.0 Å². The molecule has 0 radical (unpaired) electrons. The first-order chi connectivity index (χ1) is 55.4. The third-order valence-electron chi connectivity index (χ3n) is 14.5. The number of nitriles is 3. The van der Waals surface area contributed by atoms with E-state index in [1.54, 1.807) is 39.5 Å².